The number of hydrogen-bond donors (Lipinski definition) is 2. The van der Waals surface area contributed by atoms with Crippen LogP contribution in [0.2, 0.25) is 0 Å². The van der Waals surface area contributed by atoms with Crippen LogP contribution in [0.3, 0.4) is 0 Å². The molecule has 2 aromatic rings. The van der Waals surface area contributed by atoms with Gasteiger partial charge >= 0.3 is 0 Å². The highest BCUT2D eigenvalue weighted by molar-refractivity contribution is 5.95. The molecule has 1 aromatic carbocycles. The van der Waals surface area contributed by atoms with Gasteiger partial charge in [0.15, 0.2) is 0 Å². The Labute approximate surface area is 95.7 Å². The van der Waals surface area contributed by atoms with E-state index in [1.807, 2.05) is 24.3 Å². The second kappa shape index (κ2) is 4.84. The number of benzene rings is 1. The zero-order valence-electron chi connectivity index (χ0n) is 9.53. The Balaban J connectivity index is 2.29. The van der Waals surface area contributed by atoms with Gasteiger partial charge in [-0.25, -0.2) is 0 Å². The fourth-order valence-electron chi connectivity index (χ4n) is 1.72. The number of nitrogen functional groups attached to an aromatic ring is 1. The molecule has 2 rings (SSSR count). The standard InChI is InChI=1S/C13H17N3/c1-2-3-8-15-11-7-6-10-5-4-9-16-13(10)12(11)14/h4-7,9,15H,2-3,8,14H2,1H3. The maximum absolute atomic E-state index is 6.08. The van der Waals surface area contributed by atoms with Gasteiger partial charge in [-0.2, -0.15) is 0 Å². The second-order valence-electron chi connectivity index (χ2n) is 3.88. The zero-order chi connectivity index (χ0) is 11.4. The molecule has 0 radical (unpaired) electrons. The summed E-state index contributed by atoms with van der Waals surface area (Å²) in [5.41, 5.74) is 8.69. The lowest BCUT2D eigenvalue weighted by molar-refractivity contribution is 0.834. The van der Waals surface area contributed by atoms with Crippen LogP contribution >= 0.6 is 0 Å². The Morgan fingerprint density at radius 2 is 2.19 bits per heavy atom. The van der Waals surface area contributed by atoms with Gasteiger partial charge in [0.1, 0.15) is 0 Å². The van der Waals surface area contributed by atoms with Gasteiger partial charge in [-0.05, 0) is 18.6 Å². The topological polar surface area (TPSA) is 50.9 Å². The summed E-state index contributed by atoms with van der Waals surface area (Å²) in [7, 11) is 0. The Hall–Kier alpha value is -1.77. The molecule has 1 aromatic heterocycles. The van der Waals surface area contributed by atoms with Gasteiger partial charge in [-0.15, -0.1) is 0 Å². The first-order chi connectivity index (χ1) is 7.83. The molecule has 0 amide bonds. The molecule has 0 aliphatic heterocycles. The molecule has 3 nitrogen and oxygen atoms in total. The van der Waals surface area contributed by atoms with Crippen LogP contribution in [-0.2, 0) is 0 Å². The molecule has 0 saturated carbocycles. The first kappa shape index (κ1) is 10.7. The Morgan fingerprint density at radius 1 is 1.31 bits per heavy atom. The molecular weight excluding hydrogens is 198 g/mol. The molecule has 1 heterocycles. The molecule has 16 heavy (non-hydrogen) atoms. The summed E-state index contributed by atoms with van der Waals surface area (Å²) in [4.78, 5) is 4.30. The quantitative estimate of drug-likeness (QED) is 0.609. The van der Waals surface area contributed by atoms with E-state index in [1.54, 1.807) is 6.20 Å². The summed E-state index contributed by atoms with van der Waals surface area (Å²) in [6.07, 6.45) is 4.10. The lowest BCUT2D eigenvalue weighted by Gasteiger charge is -2.10. The molecular formula is C13H17N3. The van der Waals surface area contributed by atoms with Crippen LogP contribution in [0.5, 0.6) is 0 Å². The van der Waals surface area contributed by atoms with Crippen molar-refractivity contribution in [3.63, 3.8) is 0 Å². The minimum atomic E-state index is 0.745. The van der Waals surface area contributed by atoms with Crippen molar-refractivity contribution < 1.29 is 0 Å². The number of unbranched alkanes of at least 4 members (excludes halogenated alkanes) is 1. The third kappa shape index (κ3) is 2.08. The molecule has 0 atom stereocenters. The summed E-state index contributed by atoms with van der Waals surface area (Å²) in [6.45, 7) is 3.13. The van der Waals surface area contributed by atoms with E-state index in [0.717, 1.165) is 35.2 Å². The van der Waals surface area contributed by atoms with Gasteiger partial charge < -0.3 is 11.1 Å². The van der Waals surface area contributed by atoms with Crippen molar-refractivity contribution in [3.8, 4) is 0 Å². The molecule has 0 bridgehead atoms. The van der Waals surface area contributed by atoms with Crippen molar-refractivity contribution in [3.05, 3.63) is 30.5 Å². The molecule has 0 aliphatic carbocycles. The van der Waals surface area contributed by atoms with Crippen LogP contribution in [0.4, 0.5) is 11.4 Å². The van der Waals surface area contributed by atoms with E-state index in [4.69, 9.17) is 5.73 Å². The average Bonchev–Trinajstić information content (AvgIpc) is 2.33. The summed E-state index contributed by atoms with van der Waals surface area (Å²) < 4.78 is 0. The molecule has 0 unspecified atom stereocenters. The van der Waals surface area contributed by atoms with Crippen LogP contribution in [0, 0.1) is 0 Å². The molecule has 0 spiro atoms. The van der Waals surface area contributed by atoms with Crippen molar-refractivity contribution in [1.29, 1.82) is 0 Å². The lowest BCUT2D eigenvalue weighted by Crippen LogP contribution is -2.04. The number of fused-ring (bicyclic) bond motifs is 1. The lowest BCUT2D eigenvalue weighted by atomic mass is 10.1. The number of aromatic nitrogens is 1. The average molecular weight is 215 g/mol. The maximum Gasteiger partial charge on any atom is 0.0952 e. The number of rotatable bonds is 4. The number of nitrogens with two attached hydrogens (primary N) is 1. The fraction of sp³-hybridized carbons (Fsp3) is 0.308. The van der Waals surface area contributed by atoms with Gasteiger partial charge in [0.05, 0.1) is 16.9 Å². The number of hydrogen-bond acceptors (Lipinski definition) is 3. The Morgan fingerprint density at radius 3 is 3.00 bits per heavy atom. The van der Waals surface area contributed by atoms with E-state index in [0.29, 0.717) is 0 Å². The van der Waals surface area contributed by atoms with Gasteiger partial charge in [0, 0.05) is 18.1 Å². The summed E-state index contributed by atoms with van der Waals surface area (Å²) in [5.74, 6) is 0. The van der Waals surface area contributed by atoms with Crippen molar-refractivity contribution >= 4 is 22.3 Å². The number of anilines is 2. The van der Waals surface area contributed by atoms with Gasteiger partial charge in [0.2, 0.25) is 0 Å². The summed E-state index contributed by atoms with van der Waals surface area (Å²) >= 11 is 0. The summed E-state index contributed by atoms with van der Waals surface area (Å²) in [5, 5.41) is 4.43. The predicted octanol–water partition coefficient (Wildman–Crippen LogP) is 3.03. The van der Waals surface area contributed by atoms with Crippen molar-refractivity contribution in [1.82, 2.24) is 4.98 Å². The van der Waals surface area contributed by atoms with Crippen LogP contribution in [-0.4, -0.2) is 11.5 Å². The van der Waals surface area contributed by atoms with Crippen LogP contribution in [0.15, 0.2) is 30.5 Å². The predicted molar refractivity (Wildman–Crippen MR) is 69.6 cm³/mol. The Bertz CT molecular complexity index is 480. The van der Waals surface area contributed by atoms with Gasteiger partial charge in [0.25, 0.3) is 0 Å². The van der Waals surface area contributed by atoms with Gasteiger partial charge in [-0.1, -0.05) is 25.5 Å². The first-order valence-electron chi connectivity index (χ1n) is 5.70. The molecule has 3 heteroatoms. The first-order valence-corrected chi connectivity index (χ1v) is 5.70. The highest BCUT2D eigenvalue weighted by Crippen LogP contribution is 2.26. The van der Waals surface area contributed by atoms with E-state index < -0.39 is 0 Å². The molecule has 84 valence electrons. The molecule has 3 N–H and O–H groups in total. The normalized spacial score (nSPS) is 10.6. The monoisotopic (exact) mass is 215 g/mol. The largest absolute Gasteiger partial charge is 0.395 e. The van der Waals surface area contributed by atoms with Crippen LogP contribution in [0.1, 0.15) is 19.8 Å². The minimum Gasteiger partial charge on any atom is -0.395 e. The SMILES string of the molecule is CCCCNc1ccc2cccnc2c1N. The van der Waals surface area contributed by atoms with E-state index in [-0.39, 0.29) is 0 Å². The molecule has 0 fully saturated rings. The fourth-order valence-corrected chi connectivity index (χ4v) is 1.72. The molecule has 0 aliphatic rings. The zero-order valence-corrected chi connectivity index (χ0v) is 9.53. The maximum atomic E-state index is 6.08. The number of nitrogens with zero attached hydrogens (tertiary/aromatic N) is 1. The molecule has 0 saturated heterocycles. The Kier molecular flexibility index (Phi) is 3.25. The van der Waals surface area contributed by atoms with Gasteiger partial charge in [-0.3, -0.25) is 4.98 Å². The highest BCUT2D eigenvalue weighted by Gasteiger charge is 2.03. The van der Waals surface area contributed by atoms with E-state index in [9.17, 15) is 0 Å². The van der Waals surface area contributed by atoms with Crippen molar-refractivity contribution in [2.24, 2.45) is 0 Å². The third-order valence-electron chi connectivity index (χ3n) is 2.66. The van der Waals surface area contributed by atoms with Crippen molar-refractivity contribution in [2.45, 2.75) is 19.8 Å². The minimum absolute atomic E-state index is 0.745. The number of pyridine rings is 1. The van der Waals surface area contributed by atoms with Crippen LogP contribution < -0.4 is 11.1 Å². The van der Waals surface area contributed by atoms with E-state index in [2.05, 4.69) is 17.2 Å². The second-order valence-corrected chi connectivity index (χ2v) is 3.88. The van der Waals surface area contributed by atoms with Crippen molar-refractivity contribution in [2.75, 3.05) is 17.6 Å². The summed E-state index contributed by atoms with van der Waals surface area (Å²) in [6, 6.07) is 8.02. The number of nitrogens with one attached hydrogen (secondary N) is 1. The third-order valence-corrected chi connectivity index (χ3v) is 2.66. The van der Waals surface area contributed by atoms with E-state index >= 15 is 0 Å². The smallest absolute Gasteiger partial charge is 0.0952 e. The van der Waals surface area contributed by atoms with E-state index in [1.165, 1.54) is 6.42 Å². The highest BCUT2D eigenvalue weighted by atomic mass is 14.9. The van der Waals surface area contributed by atoms with Crippen LogP contribution in [0.25, 0.3) is 10.9 Å².